The number of furan rings is 1. The second-order valence-electron chi connectivity index (χ2n) is 4.31. The van der Waals surface area contributed by atoms with Crippen LogP contribution >= 0.6 is 0 Å². The molecule has 0 unspecified atom stereocenters. The van der Waals surface area contributed by atoms with Crippen LogP contribution in [0.3, 0.4) is 0 Å². The molecule has 0 saturated carbocycles. The van der Waals surface area contributed by atoms with Crippen molar-refractivity contribution < 1.29 is 43.9 Å². The minimum absolute atomic E-state index is 0. The Hall–Kier alpha value is -1.62. The molecular formula is C15H10NNaO3. The first-order valence-corrected chi connectivity index (χ1v) is 5.85. The van der Waals surface area contributed by atoms with Gasteiger partial charge in [-0.3, -0.25) is 4.98 Å². The van der Waals surface area contributed by atoms with Gasteiger partial charge in [-0.25, -0.2) is 0 Å². The van der Waals surface area contributed by atoms with Gasteiger partial charge in [0.2, 0.25) is 0 Å². The zero-order valence-corrected chi connectivity index (χ0v) is 13.0. The number of nitrogens with zero attached hydrogens (tertiary/aromatic N) is 1. The fourth-order valence-electron chi connectivity index (χ4n) is 2.02. The van der Waals surface area contributed by atoms with E-state index < -0.39 is 5.97 Å². The van der Waals surface area contributed by atoms with Crippen molar-refractivity contribution >= 4 is 16.9 Å². The molecule has 5 heteroatoms. The van der Waals surface area contributed by atoms with Crippen molar-refractivity contribution in [3.8, 4) is 0 Å². The molecule has 0 fully saturated rings. The van der Waals surface area contributed by atoms with Crippen LogP contribution in [0.5, 0.6) is 0 Å². The van der Waals surface area contributed by atoms with E-state index in [1.807, 2.05) is 30.3 Å². The number of carbonyl (C=O) groups excluding carboxylic acids is 1. The molecule has 0 atom stereocenters. The van der Waals surface area contributed by atoms with Crippen LogP contribution in [0.15, 0.2) is 53.2 Å². The van der Waals surface area contributed by atoms with Crippen molar-refractivity contribution in [2.24, 2.45) is 0 Å². The van der Waals surface area contributed by atoms with Gasteiger partial charge >= 0.3 is 29.6 Å². The van der Waals surface area contributed by atoms with E-state index in [9.17, 15) is 9.90 Å². The molecular weight excluding hydrogens is 265 g/mol. The molecule has 4 nitrogen and oxygen atoms in total. The van der Waals surface area contributed by atoms with Crippen molar-refractivity contribution in [3.63, 3.8) is 0 Å². The number of aromatic carboxylic acids is 1. The Bertz CT molecular complexity index is 737. The number of pyridine rings is 1. The summed E-state index contributed by atoms with van der Waals surface area (Å²) in [5, 5.41) is 11.5. The molecule has 0 N–H and O–H groups in total. The number of fused-ring (bicyclic) bond motifs is 1. The van der Waals surface area contributed by atoms with Gasteiger partial charge < -0.3 is 14.3 Å². The van der Waals surface area contributed by atoms with Gasteiger partial charge in [0.25, 0.3) is 0 Å². The standard InChI is InChI=1S/C15H11NO3.Na/c17-15(18)14-8-12-4-3-10(7-13(12)19-14)6-11-2-1-5-16-9-11;/h1-5,7-9H,6H2,(H,17,18);/q;+1/p-1. The fraction of sp³-hybridized carbons (Fsp3) is 0.0667. The van der Waals surface area contributed by atoms with Crippen molar-refractivity contribution in [1.82, 2.24) is 4.98 Å². The number of carboxylic acid groups (broad SMARTS) is 1. The molecule has 0 radical (unpaired) electrons. The monoisotopic (exact) mass is 275 g/mol. The van der Waals surface area contributed by atoms with Crippen LogP contribution in [0.1, 0.15) is 21.7 Å². The molecule has 0 spiro atoms. The average molecular weight is 275 g/mol. The fourth-order valence-corrected chi connectivity index (χ4v) is 2.02. The van der Waals surface area contributed by atoms with Crippen LogP contribution in [-0.4, -0.2) is 11.0 Å². The summed E-state index contributed by atoms with van der Waals surface area (Å²) in [6, 6.07) is 11.0. The number of hydrogen-bond acceptors (Lipinski definition) is 4. The van der Waals surface area contributed by atoms with Gasteiger partial charge in [-0.05, 0) is 35.7 Å². The van der Waals surface area contributed by atoms with E-state index in [4.69, 9.17) is 4.42 Å². The zero-order valence-electron chi connectivity index (χ0n) is 11.0. The van der Waals surface area contributed by atoms with Gasteiger partial charge in [-0.15, -0.1) is 0 Å². The van der Waals surface area contributed by atoms with Crippen molar-refractivity contribution in [3.05, 3.63) is 65.7 Å². The molecule has 0 saturated heterocycles. The molecule has 3 rings (SSSR count). The molecule has 0 bridgehead atoms. The predicted molar refractivity (Wildman–Crippen MR) is 67.6 cm³/mol. The maximum atomic E-state index is 10.7. The number of benzene rings is 1. The zero-order chi connectivity index (χ0) is 13.2. The van der Waals surface area contributed by atoms with E-state index in [-0.39, 0.29) is 35.3 Å². The van der Waals surface area contributed by atoms with E-state index in [2.05, 4.69) is 4.98 Å². The van der Waals surface area contributed by atoms with Crippen LogP contribution in [0, 0.1) is 0 Å². The molecule has 0 aliphatic carbocycles. The van der Waals surface area contributed by atoms with Crippen molar-refractivity contribution in [1.29, 1.82) is 0 Å². The maximum Gasteiger partial charge on any atom is 1.00 e. The smallest absolute Gasteiger partial charge is 0.542 e. The third kappa shape index (κ3) is 3.10. The number of hydrogen-bond donors (Lipinski definition) is 0. The minimum atomic E-state index is -1.30. The van der Waals surface area contributed by atoms with Gasteiger partial charge in [0.05, 0.1) is 0 Å². The van der Waals surface area contributed by atoms with Gasteiger partial charge in [0.15, 0.2) is 5.76 Å². The summed E-state index contributed by atoms with van der Waals surface area (Å²) in [5.41, 5.74) is 2.69. The van der Waals surface area contributed by atoms with Gasteiger partial charge in [-0.1, -0.05) is 18.2 Å². The van der Waals surface area contributed by atoms with E-state index in [0.29, 0.717) is 5.58 Å². The van der Waals surface area contributed by atoms with E-state index in [0.717, 1.165) is 22.9 Å². The molecule has 3 aromatic rings. The van der Waals surface area contributed by atoms with Crippen LogP contribution < -0.4 is 34.7 Å². The maximum absolute atomic E-state index is 10.7. The Morgan fingerprint density at radius 3 is 2.75 bits per heavy atom. The summed E-state index contributed by atoms with van der Waals surface area (Å²) in [4.78, 5) is 14.8. The van der Waals surface area contributed by atoms with Gasteiger partial charge in [0, 0.05) is 17.8 Å². The van der Waals surface area contributed by atoms with Crippen LogP contribution in [-0.2, 0) is 6.42 Å². The Morgan fingerprint density at radius 2 is 2.05 bits per heavy atom. The number of rotatable bonds is 3. The molecule has 2 aromatic heterocycles. The SMILES string of the molecule is O=C([O-])c1cc2ccc(Cc3cccnc3)cc2o1.[Na+]. The summed E-state index contributed by atoms with van der Waals surface area (Å²) >= 11 is 0. The number of aromatic nitrogens is 1. The Balaban J connectivity index is 0.00000147. The molecule has 20 heavy (non-hydrogen) atoms. The van der Waals surface area contributed by atoms with Gasteiger partial charge in [-0.2, -0.15) is 0 Å². The molecule has 0 amide bonds. The van der Waals surface area contributed by atoms with Crippen LogP contribution in [0.25, 0.3) is 11.0 Å². The van der Waals surface area contributed by atoms with Crippen LogP contribution in [0.2, 0.25) is 0 Å². The minimum Gasteiger partial charge on any atom is -0.542 e. The normalized spacial score (nSPS) is 10.2. The third-order valence-corrected chi connectivity index (χ3v) is 2.92. The topological polar surface area (TPSA) is 66.2 Å². The molecule has 1 aromatic carbocycles. The molecule has 2 heterocycles. The van der Waals surface area contributed by atoms with E-state index >= 15 is 0 Å². The Labute approximate surface area is 137 Å². The molecule has 0 aliphatic heterocycles. The molecule has 0 aliphatic rings. The van der Waals surface area contributed by atoms with Crippen LogP contribution in [0.4, 0.5) is 0 Å². The second-order valence-corrected chi connectivity index (χ2v) is 4.31. The summed E-state index contributed by atoms with van der Waals surface area (Å²) in [5.74, 6) is -1.45. The van der Waals surface area contributed by atoms with E-state index in [1.54, 1.807) is 12.4 Å². The van der Waals surface area contributed by atoms with Crippen molar-refractivity contribution in [2.75, 3.05) is 0 Å². The third-order valence-electron chi connectivity index (χ3n) is 2.92. The Kier molecular flexibility index (Phi) is 4.60. The Morgan fingerprint density at radius 1 is 1.20 bits per heavy atom. The average Bonchev–Trinajstić information content (AvgIpc) is 2.83. The first kappa shape index (κ1) is 14.8. The first-order chi connectivity index (χ1) is 9.22. The largest absolute Gasteiger partial charge is 1.00 e. The van der Waals surface area contributed by atoms with Gasteiger partial charge in [0.1, 0.15) is 11.6 Å². The number of carbonyl (C=O) groups is 1. The summed E-state index contributed by atoms with van der Waals surface area (Å²) in [6.07, 6.45) is 4.26. The van der Waals surface area contributed by atoms with Crippen molar-refractivity contribution in [2.45, 2.75) is 6.42 Å². The van der Waals surface area contributed by atoms with E-state index in [1.165, 1.54) is 6.07 Å². The summed E-state index contributed by atoms with van der Waals surface area (Å²) in [7, 11) is 0. The number of carboxylic acids is 1. The first-order valence-electron chi connectivity index (χ1n) is 5.85. The second kappa shape index (κ2) is 6.22. The summed E-state index contributed by atoms with van der Waals surface area (Å²) in [6.45, 7) is 0. The predicted octanol–water partition coefficient (Wildman–Crippen LogP) is -1.21. The quantitative estimate of drug-likeness (QED) is 0.562. The molecule has 94 valence electrons. The summed E-state index contributed by atoms with van der Waals surface area (Å²) < 4.78 is 5.23.